The molecule has 0 aromatic heterocycles. The molecule has 0 heterocycles. The molecule has 1 amide bonds. The fourth-order valence-electron chi connectivity index (χ4n) is 2.54. The topological polar surface area (TPSA) is 104 Å². The molecular formula is C19H19F3N2O5S. The number of carbonyl (C=O) groups is 2. The van der Waals surface area contributed by atoms with Gasteiger partial charge >= 0.3 is 12.1 Å². The molecule has 2 aromatic carbocycles. The molecule has 0 saturated heterocycles. The lowest BCUT2D eigenvalue weighted by atomic mass is 10.1. The Kier molecular flexibility index (Phi) is 7.08. The van der Waals surface area contributed by atoms with E-state index < -0.39 is 34.6 Å². The number of amides is 1. The molecule has 0 bridgehead atoms. The number of hydrogen-bond acceptors (Lipinski definition) is 4. The highest BCUT2D eigenvalue weighted by atomic mass is 32.2. The predicted molar refractivity (Wildman–Crippen MR) is 103 cm³/mol. The smallest absolute Gasteiger partial charge is 0.405 e. The van der Waals surface area contributed by atoms with Crippen LogP contribution in [0.1, 0.15) is 22.3 Å². The number of aryl methyl sites for hydroxylation is 1. The molecule has 0 fully saturated rings. The van der Waals surface area contributed by atoms with Crippen molar-refractivity contribution in [3.8, 4) is 0 Å². The number of benzene rings is 2. The van der Waals surface area contributed by atoms with Crippen molar-refractivity contribution in [2.75, 3.05) is 17.9 Å². The van der Waals surface area contributed by atoms with Crippen LogP contribution in [0.4, 0.5) is 18.9 Å². The van der Waals surface area contributed by atoms with Crippen LogP contribution in [0.3, 0.4) is 0 Å². The Morgan fingerprint density at radius 1 is 1.10 bits per heavy atom. The summed E-state index contributed by atoms with van der Waals surface area (Å²) >= 11 is 0. The lowest BCUT2D eigenvalue weighted by molar-refractivity contribution is -0.137. The minimum Gasteiger partial charge on any atom is -0.481 e. The van der Waals surface area contributed by atoms with Crippen LogP contribution >= 0.6 is 0 Å². The minimum atomic E-state index is -4.59. The van der Waals surface area contributed by atoms with Gasteiger partial charge in [-0.3, -0.25) is 13.9 Å². The molecule has 30 heavy (non-hydrogen) atoms. The van der Waals surface area contributed by atoms with Crippen molar-refractivity contribution in [1.29, 1.82) is 0 Å². The number of anilines is 1. The highest BCUT2D eigenvalue weighted by molar-refractivity contribution is 7.92. The Morgan fingerprint density at radius 2 is 1.77 bits per heavy atom. The van der Waals surface area contributed by atoms with Gasteiger partial charge in [0.2, 0.25) is 0 Å². The third-order valence-electron chi connectivity index (χ3n) is 4.11. The summed E-state index contributed by atoms with van der Waals surface area (Å²) in [6, 6.07) is 11.0. The second kappa shape index (κ2) is 9.16. The first kappa shape index (κ1) is 23.2. The highest BCUT2D eigenvalue weighted by Crippen LogP contribution is 2.24. The maximum Gasteiger partial charge on any atom is 0.405 e. The molecule has 0 spiro atoms. The summed E-state index contributed by atoms with van der Waals surface area (Å²) in [5.74, 6) is -2.04. The maximum absolute atomic E-state index is 12.9. The highest BCUT2D eigenvalue weighted by Gasteiger charge is 2.28. The number of carbonyl (C=O) groups excluding carboxylic acids is 1. The first-order valence-electron chi connectivity index (χ1n) is 8.65. The van der Waals surface area contributed by atoms with E-state index in [0.29, 0.717) is 5.56 Å². The molecule has 0 aliphatic heterocycles. The van der Waals surface area contributed by atoms with Crippen molar-refractivity contribution in [2.45, 2.75) is 23.9 Å². The van der Waals surface area contributed by atoms with Gasteiger partial charge in [0.1, 0.15) is 6.54 Å². The molecule has 0 atom stereocenters. The predicted octanol–water partition coefficient (Wildman–Crippen LogP) is 2.82. The number of carboxylic acids is 1. The molecule has 7 nitrogen and oxygen atoms in total. The van der Waals surface area contributed by atoms with Crippen molar-refractivity contribution >= 4 is 27.6 Å². The minimum absolute atomic E-state index is 0.116. The Labute approximate surface area is 171 Å². The summed E-state index contributed by atoms with van der Waals surface area (Å²) < 4.78 is 63.6. The second-order valence-electron chi connectivity index (χ2n) is 6.36. The molecule has 2 N–H and O–H groups in total. The van der Waals surface area contributed by atoms with Gasteiger partial charge in [-0.1, -0.05) is 18.2 Å². The number of alkyl halides is 3. The van der Waals surface area contributed by atoms with Crippen molar-refractivity contribution in [1.82, 2.24) is 5.32 Å². The van der Waals surface area contributed by atoms with E-state index >= 15 is 0 Å². The number of hydrogen-bond donors (Lipinski definition) is 2. The number of nitrogens with one attached hydrogen (secondary N) is 1. The van der Waals surface area contributed by atoms with Crippen LogP contribution in [-0.4, -0.2) is 45.2 Å². The summed E-state index contributed by atoms with van der Waals surface area (Å²) in [4.78, 5) is 22.4. The summed E-state index contributed by atoms with van der Waals surface area (Å²) in [7, 11) is -2.84. The number of aliphatic carboxylic acids is 1. The van der Waals surface area contributed by atoms with Crippen LogP contribution in [0.5, 0.6) is 0 Å². The van der Waals surface area contributed by atoms with Gasteiger partial charge in [0, 0.05) is 19.0 Å². The van der Waals surface area contributed by atoms with E-state index in [1.165, 1.54) is 37.4 Å². The zero-order chi connectivity index (χ0) is 22.5. The zero-order valence-corrected chi connectivity index (χ0v) is 16.6. The average molecular weight is 444 g/mol. The Hall–Kier alpha value is -3.08. The quantitative estimate of drug-likeness (QED) is 0.652. The molecule has 11 heteroatoms. The normalized spacial score (nSPS) is 11.7. The van der Waals surface area contributed by atoms with E-state index in [0.717, 1.165) is 10.4 Å². The fraction of sp³-hybridized carbons (Fsp3) is 0.263. The summed E-state index contributed by atoms with van der Waals surface area (Å²) in [5.41, 5.74) is 0.658. The lowest BCUT2D eigenvalue weighted by Gasteiger charge is -2.20. The molecular weight excluding hydrogens is 425 g/mol. The van der Waals surface area contributed by atoms with Crippen LogP contribution in [0, 0.1) is 0 Å². The zero-order valence-electron chi connectivity index (χ0n) is 15.8. The third-order valence-corrected chi connectivity index (χ3v) is 5.89. The third kappa shape index (κ3) is 6.21. The summed E-state index contributed by atoms with van der Waals surface area (Å²) in [6.45, 7) is -1.54. The van der Waals surface area contributed by atoms with E-state index in [9.17, 15) is 31.2 Å². The monoisotopic (exact) mass is 444 g/mol. The van der Waals surface area contributed by atoms with E-state index in [4.69, 9.17) is 5.11 Å². The van der Waals surface area contributed by atoms with Crippen molar-refractivity contribution in [3.63, 3.8) is 0 Å². The van der Waals surface area contributed by atoms with Crippen LogP contribution in [0.2, 0.25) is 0 Å². The number of nitrogens with zero attached hydrogens (tertiary/aromatic N) is 1. The Balaban J connectivity index is 2.25. The molecule has 0 aliphatic carbocycles. The molecule has 162 valence electrons. The Bertz CT molecular complexity index is 1040. The van der Waals surface area contributed by atoms with E-state index in [2.05, 4.69) is 0 Å². The van der Waals surface area contributed by atoms with Crippen LogP contribution < -0.4 is 9.62 Å². The first-order chi connectivity index (χ1) is 13.9. The van der Waals surface area contributed by atoms with Gasteiger partial charge in [-0.25, -0.2) is 8.42 Å². The number of rotatable bonds is 8. The van der Waals surface area contributed by atoms with E-state index in [1.807, 2.05) is 0 Å². The largest absolute Gasteiger partial charge is 0.481 e. The molecule has 0 unspecified atom stereocenters. The van der Waals surface area contributed by atoms with Gasteiger partial charge < -0.3 is 10.4 Å². The fourth-order valence-corrected chi connectivity index (χ4v) is 3.77. The maximum atomic E-state index is 12.9. The first-order valence-corrected chi connectivity index (χ1v) is 10.1. The van der Waals surface area contributed by atoms with Gasteiger partial charge in [-0.05, 0) is 42.3 Å². The molecule has 2 aromatic rings. The van der Waals surface area contributed by atoms with E-state index in [-0.39, 0.29) is 29.0 Å². The van der Waals surface area contributed by atoms with E-state index in [1.54, 1.807) is 17.4 Å². The van der Waals surface area contributed by atoms with Gasteiger partial charge in [0.25, 0.3) is 15.9 Å². The van der Waals surface area contributed by atoms with Gasteiger partial charge in [0.05, 0.1) is 10.6 Å². The standard InChI is InChI=1S/C19H19F3N2O5S/c1-24(15-6-2-4-13(10-15)8-9-17(25)26)30(28,29)16-7-3-5-14(11-16)18(27)23-12-19(20,21)22/h2-7,10-11H,8-9,12H2,1H3,(H,23,27)(H,25,26). The molecule has 0 saturated carbocycles. The number of sulfonamides is 1. The average Bonchev–Trinajstić information content (AvgIpc) is 2.69. The summed E-state index contributed by atoms with van der Waals surface area (Å²) in [6.07, 6.45) is -4.49. The second-order valence-corrected chi connectivity index (χ2v) is 8.33. The van der Waals surface area contributed by atoms with Crippen LogP contribution in [-0.2, 0) is 21.2 Å². The van der Waals surface area contributed by atoms with Crippen molar-refractivity contribution < 1.29 is 36.3 Å². The molecule has 2 rings (SSSR count). The SMILES string of the molecule is CN(c1cccc(CCC(=O)O)c1)S(=O)(=O)c1cccc(C(=O)NCC(F)(F)F)c1. The van der Waals surface area contributed by atoms with Crippen LogP contribution in [0.25, 0.3) is 0 Å². The van der Waals surface area contributed by atoms with Gasteiger partial charge in [0.15, 0.2) is 0 Å². The molecule has 0 radical (unpaired) electrons. The molecule has 0 aliphatic rings. The van der Waals surface area contributed by atoms with Crippen molar-refractivity contribution in [3.05, 3.63) is 59.7 Å². The van der Waals surface area contributed by atoms with Crippen LogP contribution in [0.15, 0.2) is 53.4 Å². The van der Waals surface area contributed by atoms with Crippen molar-refractivity contribution in [2.24, 2.45) is 0 Å². The lowest BCUT2D eigenvalue weighted by Crippen LogP contribution is -2.34. The number of carboxylic acid groups (broad SMARTS) is 1. The van der Waals surface area contributed by atoms with Gasteiger partial charge in [-0.2, -0.15) is 13.2 Å². The summed E-state index contributed by atoms with van der Waals surface area (Å²) in [5, 5.41) is 10.5. The Morgan fingerprint density at radius 3 is 2.40 bits per heavy atom. The number of halogens is 3. The van der Waals surface area contributed by atoms with Gasteiger partial charge in [-0.15, -0.1) is 0 Å².